The molecule has 0 spiro atoms. The molecule has 0 bridgehead atoms. The number of piperazine rings is 1. The van der Waals surface area contributed by atoms with E-state index < -0.39 is 0 Å². The molecule has 0 aliphatic carbocycles. The van der Waals surface area contributed by atoms with Gasteiger partial charge in [0, 0.05) is 37.8 Å². The normalized spacial score (nSPS) is 18.4. The molecule has 1 aromatic rings. The highest BCUT2D eigenvalue weighted by atomic mass is 16.3. The van der Waals surface area contributed by atoms with Crippen molar-refractivity contribution in [1.82, 2.24) is 10.2 Å². The molecule has 1 aromatic carbocycles. The molecule has 1 fully saturated rings. The number of aromatic hydroxyl groups is 2. The zero-order valence-electron chi connectivity index (χ0n) is 11.6. The molecule has 0 aromatic heterocycles. The van der Waals surface area contributed by atoms with Crippen molar-refractivity contribution >= 4 is 0 Å². The Morgan fingerprint density at radius 1 is 1.26 bits per heavy atom. The number of nitrogens with one attached hydrogen (secondary N) is 1. The first-order valence-electron chi connectivity index (χ1n) is 7.19. The van der Waals surface area contributed by atoms with E-state index >= 15 is 0 Å². The van der Waals surface area contributed by atoms with Gasteiger partial charge in [-0.1, -0.05) is 31.9 Å². The lowest BCUT2D eigenvalue weighted by molar-refractivity contribution is 0.160. The lowest BCUT2D eigenvalue weighted by atomic mass is 9.97. The van der Waals surface area contributed by atoms with E-state index in [1.165, 1.54) is 6.07 Å². The fourth-order valence-corrected chi connectivity index (χ4v) is 2.74. The van der Waals surface area contributed by atoms with E-state index in [0.29, 0.717) is 0 Å². The van der Waals surface area contributed by atoms with Gasteiger partial charge in [0.25, 0.3) is 0 Å². The molecule has 0 unspecified atom stereocenters. The monoisotopic (exact) mass is 264 g/mol. The van der Waals surface area contributed by atoms with Gasteiger partial charge in [-0.2, -0.15) is 0 Å². The molecular weight excluding hydrogens is 240 g/mol. The van der Waals surface area contributed by atoms with Gasteiger partial charge in [-0.15, -0.1) is 0 Å². The van der Waals surface area contributed by atoms with E-state index in [9.17, 15) is 10.2 Å². The van der Waals surface area contributed by atoms with Crippen molar-refractivity contribution < 1.29 is 10.2 Å². The molecule has 1 aliphatic heterocycles. The van der Waals surface area contributed by atoms with Gasteiger partial charge >= 0.3 is 0 Å². The van der Waals surface area contributed by atoms with Crippen LogP contribution in [0.2, 0.25) is 0 Å². The minimum atomic E-state index is -0.0193. The van der Waals surface area contributed by atoms with Crippen molar-refractivity contribution in [3.63, 3.8) is 0 Å². The summed E-state index contributed by atoms with van der Waals surface area (Å²) >= 11 is 0. The van der Waals surface area contributed by atoms with Crippen LogP contribution in [0.3, 0.4) is 0 Å². The Morgan fingerprint density at radius 2 is 2.00 bits per heavy atom. The minimum Gasteiger partial charge on any atom is -0.504 e. The molecule has 19 heavy (non-hydrogen) atoms. The van der Waals surface area contributed by atoms with Gasteiger partial charge in [0.15, 0.2) is 11.5 Å². The summed E-state index contributed by atoms with van der Waals surface area (Å²) in [5, 5.41) is 23.1. The van der Waals surface area contributed by atoms with Gasteiger partial charge in [-0.05, 0) is 12.5 Å². The molecule has 0 radical (unpaired) electrons. The van der Waals surface area contributed by atoms with Crippen LogP contribution in [0, 0.1) is 0 Å². The van der Waals surface area contributed by atoms with Gasteiger partial charge in [0.2, 0.25) is 0 Å². The Hall–Kier alpha value is -1.26. The molecule has 0 saturated carbocycles. The Labute approximate surface area is 115 Å². The number of phenolic OH excluding ortho intramolecular Hbond substituents is 2. The third-order valence-corrected chi connectivity index (χ3v) is 3.83. The second kappa shape index (κ2) is 6.78. The number of para-hydroxylation sites is 1. The Morgan fingerprint density at radius 3 is 2.68 bits per heavy atom. The highest BCUT2D eigenvalue weighted by Gasteiger charge is 2.24. The number of nitrogens with zero attached hydrogens (tertiary/aromatic N) is 1. The molecular formula is C15H24N2O2. The van der Waals surface area contributed by atoms with Gasteiger partial charge in [-0.3, -0.25) is 4.90 Å². The van der Waals surface area contributed by atoms with Crippen molar-refractivity contribution in [2.45, 2.75) is 32.2 Å². The van der Waals surface area contributed by atoms with Crippen molar-refractivity contribution in [2.24, 2.45) is 0 Å². The number of phenols is 2. The summed E-state index contributed by atoms with van der Waals surface area (Å²) in [5.74, 6) is 0.0243. The van der Waals surface area contributed by atoms with Crippen LogP contribution in [0.25, 0.3) is 0 Å². The molecule has 1 heterocycles. The van der Waals surface area contributed by atoms with E-state index in [0.717, 1.165) is 51.0 Å². The second-order valence-electron chi connectivity index (χ2n) is 5.16. The number of hydrogen-bond donors (Lipinski definition) is 3. The van der Waals surface area contributed by atoms with E-state index in [1.54, 1.807) is 0 Å². The largest absolute Gasteiger partial charge is 0.504 e. The summed E-state index contributed by atoms with van der Waals surface area (Å²) in [6.45, 7) is 6.13. The maximum absolute atomic E-state index is 10.1. The summed E-state index contributed by atoms with van der Waals surface area (Å²) in [6.07, 6.45) is 3.29. The van der Waals surface area contributed by atoms with Crippen LogP contribution >= 0.6 is 0 Å². The summed E-state index contributed by atoms with van der Waals surface area (Å²) in [5.41, 5.74) is 0.857. The number of unbranched alkanes of at least 4 members (excludes halogenated alkanes) is 1. The van der Waals surface area contributed by atoms with Crippen molar-refractivity contribution in [3.8, 4) is 11.5 Å². The smallest absolute Gasteiger partial charge is 0.162 e. The van der Waals surface area contributed by atoms with E-state index in [-0.39, 0.29) is 17.5 Å². The van der Waals surface area contributed by atoms with Crippen molar-refractivity contribution in [3.05, 3.63) is 23.8 Å². The molecule has 4 heteroatoms. The highest BCUT2D eigenvalue weighted by molar-refractivity contribution is 5.46. The van der Waals surface area contributed by atoms with Gasteiger partial charge in [0.05, 0.1) is 0 Å². The third kappa shape index (κ3) is 3.39. The Kier molecular flexibility index (Phi) is 5.05. The summed E-state index contributed by atoms with van der Waals surface area (Å²) < 4.78 is 0. The summed E-state index contributed by atoms with van der Waals surface area (Å²) in [7, 11) is 0. The van der Waals surface area contributed by atoms with Crippen LogP contribution in [-0.2, 0) is 0 Å². The Bertz CT molecular complexity index is 403. The number of rotatable bonds is 5. The molecule has 4 nitrogen and oxygen atoms in total. The quantitative estimate of drug-likeness (QED) is 0.714. The van der Waals surface area contributed by atoms with Crippen molar-refractivity contribution in [1.29, 1.82) is 0 Å². The summed E-state index contributed by atoms with van der Waals surface area (Å²) in [4.78, 5) is 2.40. The Balaban J connectivity index is 2.22. The SMILES string of the molecule is CCCC[C@H](c1cccc(O)c1O)N1CCNCC1. The standard InChI is InChI=1S/C15H24N2O2/c1-2-3-6-13(17-10-8-16-9-11-17)12-5-4-7-14(18)15(12)19/h4-5,7,13,16,18-19H,2-3,6,8-11H2,1H3/t13-/m1/s1. The predicted molar refractivity (Wildman–Crippen MR) is 76.5 cm³/mol. The van der Waals surface area contributed by atoms with Crippen molar-refractivity contribution in [2.75, 3.05) is 26.2 Å². The zero-order valence-corrected chi connectivity index (χ0v) is 11.6. The average molecular weight is 264 g/mol. The summed E-state index contributed by atoms with van der Waals surface area (Å²) in [6, 6.07) is 5.48. The number of benzene rings is 1. The second-order valence-corrected chi connectivity index (χ2v) is 5.16. The molecule has 1 aliphatic rings. The zero-order chi connectivity index (χ0) is 13.7. The van der Waals surface area contributed by atoms with Gasteiger partial charge < -0.3 is 15.5 Å². The molecule has 2 rings (SSSR count). The first-order chi connectivity index (χ1) is 9.24. The third-order valence-electron chi connectivity index (χ3n) is 3.83. The topological polar surface area (TPSA) is 55.7 Å². The molecule has 3 N–H and O–H groups in total. The average Bonchev–Trinajstić information content (AvgIpc) is 2.45. The predicted octanol–water partition coefficient (Wildman–Crippen LogP) is 2.23. The minimum absolute atomic E-state index is 0.0193. The maximum atomic E-state index is 10.1. The lowest BCUT2D eigenvalue weighted by Crippen LogP contribution is -2.45. The van der Waals surface area contributed by atoms with Crippen LogP contribution in [0.1, 0.15) is 37.8 Å². The fourth-order valence-electron chi connectivity index (χ4n) is 2.74. The van der Waals surface area contributed by atoms with Crippen LogP contribution in [0.4, 0.5) is 0 Å². The lowest BCUT2D eigenvalue weighted by Gasteiger charge is -2.35. The van der Waals surface area contributed by atoms with E-state index in [1.807, 2.05) is 12.1 Å². The van der Waals surface area contributed by atoms with Gasteiger partial charge in [-0.25, -0.2) is 0 Å². The molecule has 1 saturated heterocycles. The molecule has 106 valence electrons. The number of hydrogen-bond acceptors (Lipinski definition) is 4. The van der Waals surface area contributed by atoms with Crippen LogP contribution in [0.15, 0.2) is 18.2 Å². The van der Waals surface area contributed by atoms with Crippen LogP contribution < -0.4 is 5.32 Å². The van der Waals surface area contributed by atoms with E-state index in [2.05, 4.69) is 17.1 Å². The highest BCUT2D eigenvalue weighted by Crippen LogP contribution is 2.37. The first kappa shape index (κ1) is 14.2. The van der Waals surface area contributed by atoms with E-state index in [4.69, 9.17) is 0 Å². The maximum Gasteiger partial charge on any atom is 0.162 e. The fraction of sp³-hybridized carbons (Fsp3) is 0.600. The molecule has 0 amide bonds. The van der Waals surface area contributed by atoms with Gasteiger partial charge in [0.1, 0.15) is 0 Å². The van der Waals surface area contributed by atoms with Crippen LogP contribution in [0.5, 0.6) is 11.5 Å². The van der Waals surface area contributed by atoms with Crippen LogP contribution in [-0.4, -0.2) is 41.3 Å². The molecule has 1 atom stereocenters. The first-order valence-corrected chi connectivity index (χ1v) is 7.19.